The number of rotatable bonds is 6. The number of piperidine rings is 1. The van der Waals surface area contributed by atoms with Gasteiger partial charge in [0.1, 0.15) is 6.33 Å². The van der Waals surface area contributed by atoms with Crippen LogP contribution < -0.4 is 10.6 Å². The predicted molar refractivity (Wildman–Crippen MR) is 88.1 cm³/mol. The minimum atomic E-state index is 0.178. The summed E-state index contributed by atoms with van der Waals surface area (Å²) >= 11 is 0. The first-order valence-corrected chi connectivity index (χ1v) is 8.19. The molecule has 0 unspecified atom stereocenters. The molecule has 1 aliphatic rings. The lowest BCUT2D eigenvalue weighted by atomic mass is 9.98. The smallest absolute Gasteiger partial charge is 0.220 e. The minimum Gasteiger partial charge on any atom is -0.353 e. The molecule has 0 saturated carbocycles. The minimum absolute atomic E-state index is 0.178. The second kappa shape index (κ2) is 7.37. The van der Waals surface area contributed by atoms with Gasteiger partial charge >= 0.3 is 0 Å². The van der Waals surface area contributed by atoms with Crippen LogP contribution in [0.4, 0.5) is 0 Å². The number of nitrogens with one attached hydrogen (secondary N) is 2. The summed E-state index contributed by atoms with van der Waals surface area (Å²) in [6.45, 7) is 2.79. The molecule has 2 N–H and O–H groups in total. The van der Waals surface area contributed by atoms with E-state index in [1.807, 2.05) is 34.9 Å². The van der Waals surface area contributed by atoms with Crippen molar-refractivity contribution in [2.24, 2.45) is 0 Å². The molecule has 3 rings (SSSR count). The topological polar surface area (TPSA) is 71.8 Å². The van der Waals surface area contributed by atoms with Crippen molar-refractivity contribution in [3.63, 3.8) is 0 Å². The molecule has 0 spiro atoms. The van der Waals surface area contributed by atoms with Gasteiger partial charge in [-0.1, -0.05) is 18.2 Å². The Morgan fingerprint density at radius 3 is 3.00 bits per heavy atom. The lowest BCUT2D eigenvalue weighted by Gasteiger charge is -2.26. The van der Waals surface area contributed by atoms with Crippen molar-refractivity contribution in [2.45, 2.75) is 51.2 Å². The first-order valence-electron chi connectivity index (χ1n) is 8.19. The van der Waals surface area contributed by atoms with Crippen LogP contribution in [0.3, 0.4) is 0 Å². The van der Waals surface area contributed by atoms with Crippen molar-refractivity contribution in [1.82, 2.24) is 25.4 Å². The molecule has 2 heterocycles. The molecule has 6 nitrogen and oxygen atoms in total. The zero-order valence-corrected chi connectivity index (χ0v) is 13.4. The third-order valence-electron chi connectivity index (χ3n) is 4.22. The van der Waals surface area contributed by atoms with Crippen LogP contribution in [0.25, 0.3) is 5.69 Å². The molecule has 1 fully saturated rings. The summed E-state index contributed by atoms with van der Waals surface area (Å²) in [5.74, 6) is 1.06. The van der Waals surface area contributed by atoms with Crippen molar-refractivity contribution in [1.29, 1.82) is 0 Å². The average molecular weight is 313 g/mol. The molecule has 1 aromatic carbocycles. The Balaban J connectivity index is 1.54. The van der Waals surface area contributed by atoms with E-state index < -0.39 is 0 Å². The third kappa shape index (κ3) is 4.16. The van der Waals surface area contributed by atoms with Gasteiger partial charge in [-0.3, -0.25) is 9.36 Å². The quantitative estimate of drug-likeness (QED) is 0.853. The van der Waals surface area contributed by atoms with Crippen LogP contribution in [0.5, 0.6) is 0 Å². The third-order valence-corrected chi connectivity index (χ3v) is 4.22. The van der Waals surface area contributed by atoms with Crippen LogP contribution in [0, 0.1) is 0 Å². The number of nitrogens with zero attached hydrogens (tertiary/aromatic N) is 3. The van der Waals surface area contributed by atoms with Crippen LogP contribution in [-0.4, -0.2) is 32.8 Å². The molecule has 0 radical (unpaired) electrons. The number of hydrogen-bond acceptors (Lipinski definition) is 4. The van der Waals surface area contributed by atoms with Crippen molar-refractivity contribution < 1.29 is 4.79 Å². The zero-order valence-electron chi connectivity index (χ0n) is 13.4. The average Bonchev–Trinajstić information content (AvgIpc) is 3.02. The van der Waals surface area contributed by atoms with E-state index in [1.165, 1.54) is 0 Å². The molecule has 2 atom stereocenters. The standard InChI is InChI=1S/C17H23N5O/c1-13(10-14-6-5-9-17(23)20-14)18-11-16-21-19-12-22(16)15-7-3-2-4-8-15/h2-4,7-8,12-14,18H,5-6,9-11H2,1H3,(H,20,23)/t13-,14+/m1/s1. The maximum absolute atomic E-state index is 11.4. The lowest BCUT2D eigenvalue weighted by molar-refractivity contribution is -0.123. The molecule has 0 bridgehead atoms. The summed E-state index contributed by atoms with van der Waals surface area (Å²) in [5, 5.41) is 14.8. The van der Waals surface area contributed by atoms with Crippen molar-refractivity contribution in [2.75, 3.05) is 0 Å². The van der Waals surface area contributed by atoms with E-state index in [4.69, 9.17) is 0 Å². The Morgan fingerprint density at radius 1 is 1.39 bits per heavy atom. The maximum Gasteiger partial charge on any atom is 0.220 e. The number of carbonyl (C=O) groups excluding carboxylic acids is 1. The summed E-state index contributed by atoms with van der Waals surface area (Å²) in [7, 11) is 0. The van der Waals surface area contributed by atoms with Crippen LogP contribution >= 0.6 is 0 Å². The van der Waals surface area contributed by atoms with Crippen LogP contribution in [0.1, 0.15) is 38.4 Å². The molecule has 2 aromatic rings. The fourth-order valence-corrected chi connectivity index (χ4v) is 3.02. The summed E-state index contributed by atoms with van der Waals surface area (Å²) in [5.41, 5.74) is 1.06. The molecular weight excluding hydrogens is 290 g/mol. The molecule has 1 amide bonds. The highest BCUT2D eigenvalue weighted by atomic mass is 16.1. The summed E-state index contributed by atoms with van der Waals surface area (Å²) < 4.78 is 1.99. The first kappa shape index (κ1) is 15.7. The molecule has 0 aliphatic carbocycles. The van der Waals surface area contributed by atoms with Gasteiger partial charge in [0.05, 0.1) is 6.54 Å². The number of para-hydroxylation sites is 1. The van der Waals surface area contributed by atoms with Crippen LogP contribution in [0.2, 0.25) is 0 Å². The predicted octanol–water partition coefficient (Wildman–Crippen LogP) is 1.80. The fraction of sp³-hybridized carbons (Fsp3) is 0.471. The van der Waals surface area contributed by atoms with Crippen LogP contribution in [0.15, 0.2) is 36.7 Å². The van der Waals surface area contributed by atoms with Gasteiger partial charge < -0.3 is 10.6 Å². The number of carbonyl (C=O) groups is 1. The summed E-state index contributed by atoms with van der Waals surface area (Å²) in [6, 6.07) is 10.7. The van der Waals surface area contributed by atoms with Gasteiger partial charge in [-0.05, 0) is 38.3 Å². The van der Waals surface area contributed by atoms with Gasteiger partial charge in [0.15, 0.2) is 5.82 Å². The van der Waals surface area contributed by atoms with Gasteiger partial charge in [-0.15, -0.1) is 10.2 Å². The number of hydrogen-bond donors (Lipinski definition) is 2. The summed E-state index contributed by atoms with van der Waals surface area (Å²) in [6.07, 6.45) is 5.39. The van der Waals surface area contributed by atoms with Gasteiger partial charge in [0.25, 0.3) is 0 Å². The maximum atomic E-state index is 11.4. The van der Waals surface area contributed by atoms with Crippen molar-refractivity contribution in [3.05, 3.63) is 42.5 Å². The highest BCUT2D eigenvalue weighted by Crippen LogP contribution is 2.13. The second-order valence-electron chi connectivity index (χ2n) is 6.13. The molecule has 122 valence electrons. The Labute approximate surface area is 136 Å². The van der Waals surface area contributed by atoms with E-state index in [0.717, 1.165) is 30.8 Å². The molecule has 1 saturated heterocycles. The molecule has 1 aromatic heterocycles. The van der Waals surface area contributed by atoms with Crippen LogP contribution in [-0.2, 0) is 11.3 Å². The Morgan fingerprint density at radius 2 is 2.22 bits per heavy atom. The van der Waals surface area contributed by atoms with E-state index in [2.05, 4.69) is 27.8 Å². The highest BCUT2D eigenvalue weighted by molar-refractivity contribution is 5.76. The Kier molecular flexibility index (Phi) is 5.02. The van der Waals surface area contributed by atoms with Gasteiger partial charge in [0.2, 0.25) is 5.91 Å². The first-order chi connectivity index (χ1) is 11.2. The lowest BCUT2D eigenvalue weighted by Crippen LogP contribution is -2.42. The summed E-state index contributed by atoms with van der Waals surface area (Å²) in [4.78, 5) is 11.4. The van der Waals surface area contributed by atoms with E-state index >= 15 is 0 Å². The number of aromatic nitrogens is 3. The normalized spacial score (nSPS) is 19.3. The number of benzene rings is 1. The van der Waals surface area contributed by atoms with E-state index in [-0.39, 0.29) is 11.9 Å². The van der Waals surface area contributed by atoms with Gasteiger partial charge in [-0.25, -0.2) is 0 Å². The van der Waals surface area contributed by atoms with E-state index in [0.29, 0.717) is 19.0 Å². The number of amides is 1. The zero-order chi connectivity index (χ0) is 16.1. The SMILES string of the molecule is C[C@H](C[C@@H]1CCCC(=O)N1)NCc1nncn1-c1ccccc1. The molecule has 23 heavy (non-hydrogen) atoms. The van der Waals surface area contributed by atoms with Gasteiger partial charge in [0, 0.05) is 24.2 Å². The largest absolute Gasteiger partial charge is 0.353 e. The monoisotopic (exact) mass is 313 g/mol. The van der Waals surface area contributed by atoms with Crippen molar-refractivity contribution in [3.8, 4) is 5.69 Å². The molecular formula is C17H23N5O. The van der Waals surface area contributed by atoms with E-state index in [1.54, 1.807) is 6.33 Å². The fourth-order valence-electron chi connectivity index (χ4n) is 3.02. The Bertz CT molecular complexity index is 639. The second-order valence-corrected chi connectivity index (χ2v) is 6.13. The van der Waals surface area contributed by atoms with E-state index in [9.17, 15) is 4.79 Å². The molecule has 1 aliphatic heterocycles. The Hall–Kier alpha value is -2.21. The highest BCUT2D eigenvalue weighted by Gasteiger charge is 2.20. The van der Waals surface area contributed by atoms with Crippen molar-refractivity contribution >= 4 is 5.91 Å². The molecule has 6 heteroatoms. The van der Waals surface area contributed by atoms with Gasteiger partial charge in [-0.2, -0.15) is 0 Å².